The number of aliphatic hydroxyl groups excluding tert-OH is 1. The Morgan fingerprint density at radius 1 is 0.804 bits per heavy atom. The smallest absolute Gasteiger partial charge is 0.232 e. The van der Waals surface area contributed by atoms with Gasteiger partial charge in [0.25, 0.3) is 0 Å². The van der Waals surface area contributed by atoms with Gasteiger partial charge in [0, 0.05) is 24.3 Å². The van der Waals surface area contributed by atoms with Crippen LogP contribution < -0.4 is 15.0 Å². The van der Waals surface area contributed by atoms with Gasteiger partial charge in [0.1, 0.15) is 11.4 Å². The Labute approximate surface area is 309 Å². The van der Waals surface area contributed by atoms with Gasteiger partial charge in [0.05, 0.1) is 23.7 Å². The minimum Gasteiger partial charge on any atom is -0.494 e. The second-order valence-electron chi connectivity index (χ2n) is 13.4. The highest BCUT2D eigenvalue weighted by Gasteiger charge is 2.19. The van der Waals surface area contributed by atoms with E-state index < -0.39 is 6.23 Å². The fourth-order valence-corrected chi connectivity index (χ4v) is 6.60. The number of thiazole rings is 1. The topological polar surface area (TPSA) is 107 Å². The maximum atomic E-state index is 11.2. The van der Waals surface area contributed by atoms with Crippen LogP contribution in [0.4, 0.5) is 32.9 Å². The molecule has 1 heterocycles. The molecule has 2 N–H and O–H groups in total. The summed E-state index contributed by atoms with van der Waals surface area (Å²) in [7, 11) is 0. The van der Waals surface area contributed by atoms with Gasteiger partial charge in [0.2, 0.25) is 5.13 Å². The van der Waals surface area contributed by atoms with Crippen molar-refractivity contribution in [2.45, 2.75) is 99.1 Å². The number of nitrogens with one attached hydrogen (secondary N) is 1. The van der Waals surface area contributed by atoms with Gasteiger partial charge < -0.3 is 20.1 Å². The fourth-order valence-electron chi connectivity index (χ4n) is 5.74. The first-order chi connectivity index (χ1) is 24.8. The molecular formula is C41H57N7O2S. The Bertz CT molecular complexity index is 1630. The summed E-state index contributed by atoms with van der Waals surface area (Å²) in [4.78, 5) is 7.30. The first-order valence-corrected chi connectivity index (χ1v) is 19.5. The van der Waals surface area contributed by atoms with Gasteiger partial charge in [-0.15, -0.1) is 20.5 Å². The number of aromatic nitrogens is 1. The molecule has 9 nitrogen and oxygen atoms in total. The molecule has 274 valence electrons. The van der Waals surface area contributed by atoms with Crippen LogP contribution in [0.15, 0.2) is 93.3 Å². The van der Waals surface area contributed by atoms with Crippen LogP contribution in [-0.4, -0.2) is 29.8 Å². The lowest BCUT2D eigenvalue weighted by atomic mass is 9.98. The maximum Gasteiger partial charge on any atom is 0.232 e. The van der Waals surface area contributed by atoms with E-state index in [0.717, 1.165) is 80.0 Å². The average Bonchev–Trinajstić information content (AvgIpc) is 3.58. The van der Waals surface area contributed by atoms with Gasteiger partial charge in [0.15, 0.2) is 11.2 Å². The molecule has 1 atom stereocenters. The van der Waals surface area contributed by atoms with Crippen LogP contribution >= 0.6 is 11.3 Å². The second kappa shape index (κ2) is 20.6. The predicted molar refractivity (Wildman–Crippen MR) is 213 cm³/mol. The van der Waals surface area contributed by atoms with E-state index in [1.54, 1.807) is 0 Å². The maximum absolute atomic E-state index is 11.2. The molecule has 3 aromatic carbocycles. The molecular weight excluding hydrogens is 655 g/mol. The van der Waals surface area contributed by atoms with E-state index in [-0.39, 0.29) is 5.92 Å². The summed E-state index contributed by atoms with van der Waals surface area (Å²) in [6.45, 7) is 18.1. The first-order valence-electron chi connectivity index (χ1n) is 18.7. The van der Waals surface area contributed by atoms with E-state index in [4.69, 9.17) is 9.72 Å². The van der Waals surface area contributed by atoms with Crippen LogP contribution in [0, 0.1) is 11.8 Å². The van der Waals surface area contributed by atoms with Crippen molar-refractivity contribution in [3.05, 3.63) is 84.1 Å². The molecule has 0 aliphatic heterocycles. The molecule has 0 aliphatic rings. The van der Waals surface area contributed by atoms with Gasteiger partial charge >= 0.3 is 0 Å². The lowest BCUT2D eigenvalue weighted by Gasteiger charge is -2.32. The number of rotatable bonds is 21. The molecule has 0 fully saturated rings. The monoisotopic (exact) mass is 711 g/mol. The highest BCUT2D eigenvalue weighted by molar-refractivity contribution is 7.19. The Balaban J connectivity index is 1.64. The number of ether oxygens (including phenoxy) is 1. The summed E-state index contributed by atoms with van der Waals surface area (Å²) in [6.07, 6.45) is 5.74. The second-order valence-corrected chi connectivity index (χ2v) is 14.3. The van der Waals surface area contributed by atoms with Crippen LogP contribution in [-0.2, 0) is 0 Å². The average molecular weight is 712 g/mol. The number of anilines is 2. The minimum atomic E-state index is -0.918. The van der Waals surface area contributed by atoms with Crippen molar-refractivity contribution in [3.63, 3.8) is 0 Å². The Morgan fingerprint density at radius 2 is 1.47 bits per heavy atom. The van der Waals surface area contributed by atoms with E-state index in [1.165, 1.54) is 11.3 Å². The summed E-state index contributed by atoms with van der Waals surface area (Å²) < 4.78 is 5.78. The predicted octanol–water partition coefficient (Wildman–Crippen LogP) is 13.1. The molecule has 1 unspecified atom stereocenters. The van der Waals surface area contributed by atoms with Crippen LogP contribution in [0.2, 0.25) is 0 Å². The zero-order valence-corrected chi connectivity index (χ0v) is 32.4. The number of aliphatic hydroxyl groups is 1. The molecule has 0 aliphatic carbocycles. The highest BCUT2D eigenvalue weighted by atomic mass is 32.1. The van der Waals surface area contributed by atoms with Crippen molar-refractivity contribution in [2.24, 2.45) is 32.3 Å². The van der Waals surface area contributed by atoms with E-state index in [2.05, 4.69) is 91.3 Å². The van der Waals surface area contributed by atoms with Crippen molar-refractivity contribution in [1.82, 2.24) is 4.98 Å². The molecule has 0 saturated heterocycles. The molecule has 0 bridgehead atoms. The van der Waals surface area contributed by atoms with Gasteiger partial charge in [-0.05, 0) is 66.6 Å². The van der Waals surface area contributed by atoms with Crippen molar-refractivity contribution in [2.75, 3.05) is 29.9 Å². The standard InChI is InChI=1S/C41H57N7O2S/c1-8-13-25-50-35-22-19-33(20-23-35)44-46-40-38(29(6)7)43-41(51-40)47-45-36-24-21-34(26-37(36)42-39(49)32-17-15-14-16-18-32)48(27-30(9-2)10-3)28-31(11-4)12-5/h14-24,26,29-31,39,42,49H,8-13,25,27-28H2,1-7H3/b46-44?,47-45+. The van der Waals surface area contributed by atoms with Crippen LogP contribution in [0.5, 0.6) is 5.75 Å². The number of nitrogens with zero attached hydrogens (tertiary/aromatic N) is 6. The Morgan fingerprint density at radius 3 is 2.08 bits per heavy atom. The number of unbranched alkanes of at least 4 members (excludes halogenated alkanes) is 1. The van der Waals surface area contributed by atoms with Crippen molar-refractivity contribution in [3.8, 4) is 5.75 Å². The molecule has 1 aromatic heterocycles. The van der Waals surface area contributed by atoms with Crippen molar-refractivity contribution < 1.29 is 9.84 Å². The number of hydrogen-bond acceptors (Lipinski definition) is 10. The molecule has 4 aromatic rings. The SMILES string of the molecule is CCCCOc1ccc(N=Nc2sc(/N=N/c3ccc(N(CC(CC)CC)CC(CC)CC)cc3NC(O)c3ccccc3)nc2C(C)C)cc1. The summed E-state index contributed by atoms with van der Waals surface area (Å²) in [5, 5.41) is 34.1. The first kappa shape index (κ1) is 39.6. The van der Waals surface area contributed by atoms with Crippen LogP contribution in [0.1, 0.15) is 110 Å². The van der Waals surface area contributed by atoms with Gasteiger partial charge in [-0.2, -0.15) is 0 Å². The van der Waals surface area contributed by atoms with E-state index in [9.17, 15) is 5.11 Å². The summed E-state index contributed by atoms with van der Waals surface area (Å²) in [5.74, 6) is 2.15. The number of azo groups is 2. The third kappa shape index (κ3) is 12.0. The van der Waals surface area contributed by atoms with Gasteiger partial charge in [-0.3, -0.25) is 0 Å². The fraction of sp³-hybridized carbons (Fsp3) is 0.488. The van der Waals surface area contributed by atoms with E-state index in [0.29, 0.717) is 40.0 Å². The lowest BCUT2D eigenvalue weighted by Crippen LogP contribution is -2.33. The molecule has 10 heteroatoms. The summed E-state index contributed by atoms with van der Waals surface area (Å²) >= 11 is 1.36. The summed E-state index contributed by atoms with van der Waals surface area (Å²) in [5.41, 5.74) is 4.75. The van der Waals surface area contributed by atoms with Crippen LogP contribution in [0.3, 0.4) is 0 Å². The molecule has 0 saturated carbocycles. The third-order valence-electron chi connectivity index (χ3n) is 9.29. The van der Waals surface area contributed by atoms with Crippen molar-refractivity contribution >= 4 is 44.2 Å². The van der Waals surface area contributed by atoms with E-state index in [1.807, 2.05) is 60.7 Å². The molecule has 51 heavy (non-hydrogen) atoms. The zero-order valence-electron chi connectivity index (χ0n) is 31.5. The zero-order chi connectivity index (χ0) is 36.6. The van der Waals surface area contributed by atoms with E-state index >= 15 is 0 Å². The molecule has 0 radical (unpaired) electrons. The minimum absolute atomic E-state index is 0.127. The van der Waals surface area contributed by atoms with Crippen LogP contribution in [0.25, 0.3) is 0 Å². The lowest BCUT2D eigenvalue weighted by molar-refractivity contribution is 0.208. The highest BCUT2D eigenvalue weighted by Crippen LogP contribution is 2.40. The van der Waals surface area contributed by atoms with Gasteiger partial charge in [-0.1, -0.05) is 122 Å². The summed E-state index contributed by atoms with van der Waals surface area (Å²) in [6, 6.07) is 23.5. The number of benzene rings is 3. The molecule has 4 rings (SSSR count). The number of hydrogen-bond donors (Lipinski definition) is 2. The van der Waals surface area contributed by atoms with Gasteiger partial charge in [-0.25, -0.2) is 4.98 Å². The molecule has 0 amide bonds. The largest absolute Gasteiger partial charge is 0.494 e. The van der Waals surface area contributed by atoms with Crippen molar-refractivity contribution in [1.29, 1.82) is 0 Å². The Kier molecular flexibility index (Phi) is 16.0. The Hall–Kier alpha value is -4.15. The molecule has 0 spiro atoms. The normalized spacial score (nSPS) is 12.5. The third-order valence-corrected chi connectivity index (χ3v) is 10.1. The quantitative estimate of drug-likeness (QED) is 0.0508.